The van der Waals surface area contributed by atoms with Crippen molar-refractivity contribution in [3.63, 3.8) is 0 Å². The number of carbonyl (C=O) groups excluding carboxylic acids is 1. The van der Waals surface area contributed by atoms with Crippen LogP contribution in [0.5, 0.6) is 0 Å². The van der Waals surface area contributed by atoms with Crippen molar-refractivity contribution in [2.45, 2.75) is 19.6 Å². The smallest absolute Gasteiger partial charge is 0.251 e. The van der Waals surface area contributed by atoms with E-state index in [9.17, 15) is 4.79 Å². The van der Waals surface area contributed by atoms with Crippen molar-refractivity contribution in [1.82, 2.24) is 10.2 Å². The summed E-state index contributed by atoms with van der Waals surface area (Å²) in [6.07, 6.45) is -0.521. The summed E-state index contributed by atoms with van der Waals surface area (Å²) in [5, 5.41) is 11.7. The van der Waals surface area contributed by atoms with Gasteiger partial charge in [-0.3, -0.25) is 4.79 Å². The zero-order chi connectivity index (χ0) is 12.8. The Morgan fingerprint density at radius 3 is 2.41 bits per heavy atom. The number of nitrogens with one attached hydrogen (secondary N) is 1. The molecule has 2 N–H and O–H groups in total. The lowest BCUT2D eigenvalue weighted by molar-refractivity contribution is 0.0924. The zero-order valence-corrected chi connectivity index (χ0v) is 10.6. The van der Waals surface area contributed by atoms with Crippen LogP contribution in [0.4, 0.5) is 0 Å². The molecule has 4 nitrogen and oxygen atoms in total. The standard InChI is InChI=1S/C13H20N2O2/c1-10(16)8-14-13(17)12-6-4-11(5-7-12)9-15(2)3/h4-7,10,16H,8-9H2,1-3H3,(H,14,17)/t10-/m0/s1. The minimum atomic E-state index is -0.521. The maximum Gasteiger partial charge on any atom is 0.251 e. The number of aliphatic hydroxyl groups excluding tert-OH is 1. The first-order valence-corrected chi connectivity index (χ1v) is 5.69. The Morgan fingerprint density at radius 2 is 1.94 bits per heavy atom. The van der Waals surface area contributed by atoms with Crippen LogP contribution in [0.25, 0.3) is 0 Å². The molecule has 1 atom stereocenters. The molecule has 0 radical (unpaired) electrons. The molecule has 0 unspecified atom stereocenters. The molecule has 0 aliphatic heterocycles. The van der Waals surface area contributed by atoms with Gasteiger partial charge in [0.1, 0.15) is 0 Å². The summed E-state index contributed by atoms with van der Waals surface area (Å²) in [4.78, 5) is 13.7. The third kappa shape index (κ3) is 4.97. The van der Waals surface area contributed by atoms with Gasteiger partial charge in [-0.2, -0.15) is 0 Å². The monoisotopic (exact) mass is 236 g/mol. The fraction of sp³-hybridized carbons (Fsp3) is 0.462. The fourth-order valence-electron chi connectivity index (χ4n) is 1.47. The van der Waals surface area contributed by atoms with E-state index in [1.54, 1.807) is 19.1 Å². The second-order valence-corrected chi connectivity index (χ2v) is 4.49. The molecule has 4 heteroatoms. The van der Waals surface area contributed by atoms with Crippen molar-refractivity contribution in [3.05, 3.63) is 35.4 Å². The van der Waals surface area contributed by atoms with E-state index in [1.165, 1.54) is 5.56 Å². The average molecular weight is 236 g/mol. The second kappa shape index (κ2) is 6.37. The van der Waals surface area contributed by atoms with E-state index < -0.39 is 6.10 Å². The summed E-state index contributed by atoms with van der Waals surface area (Å²) >= 11 is 0. The third-order valence-electron chi connectivity index (χ3n) is 2.27. The minimum absolute atomic E-state index is 0.151. The number of aliphatic hydroxyl groups is 1. The van der Waals surface area contributed by atoms with Gasteiger partial charge in [-0.1, -0.05) is 12.1 Å². The van der Waals surface area contributed by atoms with Crippen molar-refractivity contribution in [1.29, 1.82) is 0 Å². The van der Waals surface area contributed by atoms with Gasteiger partial charge in [0.15, 0.2) is 0 Å². The Hall–Kier alpha value is -1.39. The molecule has 0 saturated carbocycles. The number of hydrogen-bond donors (Lipinski definition) is 2. The Morgan fingerprint density at radius 1 is 1.35 bits per heavy atom. The fourth-order valence-corrected chi connectivity index (χ4v) is 1.47. The van der Waals surface area contributed by atoms with Crippen LogP contribution in [0.15, 0.2) is 24.3 Å². The summed E-state index contributed by atoms with van der Waals surface area (Å²) in [6, 6.07) is 7.49. The zero-order valence-electron chi connectivity index (χ0n) is 10.6. The number of benzene rings is 1. The van der Waals surface area contributed by atoms with Crippen LogP contribution < -0.4 is 5.32 Å². The number of amides is 1. The third-order valence-corrected chi connectivity index (χ3v) is 2.27. The SMILES string of the molecule is C[C@H](O)CNC(=O)c1ccc(CN(C)C)cc1. The van der Waals surface area contributed by atoms with Crippen LogP contribution in [0, 0.1) is 0 Å². The summed E-state index contributed by atoms with van der Waals surface area (Å²) in [5.74, 6) is -0.151. The summed E-state index contributed by atoms with van der Waals surface area (Å²) in [5.41, 5.74) is 1.79. The van der Waals surface area contributed by atoms with E-state index in [-0.39, 0.29) is 12.5 Å². The van der Waals surface area contributed by atoms with E-state index in [2.05, 4.69) is 10.2 Å². The normalized spacial score (nSPS) is 12.5. The number of hydrogen-bond acceptors (Lipinski definition) is 3. The predicted octanol–water partition coefficient (Wildman–Crippen LogP) is 0.859. The van der Waals surface area contributed by atoms with Gasteiger partial charge in [-0.15, -0.1) is 0 Å². The maximum atomic E-state index is 11.6. The first kappa shape index (κ1) is 13.7. The molecule has 0 heterocycles. The van der Waals surface area contributed by atoms with Gasteiger partial charge < -0.3 is 15.3 Å². The molecule has 0 aliphatic rings. The molecule has 1 amide bonds. The largest absolute Gasteiger partial charge is 0.392 e. The molecule has 94 valence electrons. The molecule has 0 spiro atoms. The van der Waals surface area contributed by atoms with Crippen LogP contribution in [-0.4, -0.2) is 42.7 Å². The summed E-state index contributed by atoms with van der Waals surface area (Å²) in [6.45, 7) is 2.77. The Kier molecular flexibility index (Phi) is 5.12. The number of nitrogens with zero attached hydrogens (tertiary/aromatic N) is 1. The highest BCUT2D eigenvalue weighted by Gasteiger charge is 2.06. The van der Waals surface area contributed by atoms with E-state index >= 15 is 0 Å². The van der Waals surface area contributed by atoms with E-state index in [0.717, 1.165) is 6.54 Å². The van der Waals surface area contributed by atoms with Crippen LogP contribution >= 0.6 is 0 Å². The van der Waals surface area contributed by atoms with Gasteiger partial charge in [0.2, 0.25) is 0 Å². The minimum Gasteiger partial charge on any atom is -0.392 e. The quantitative estimate of drug-likeness (QED) is 0.797. The molecule has 17 heavy (non-hydrogen) atoms. The summed E-state index contributed by atoms with van der Waals surface area (Å²) < 4.78 is 0. The number of carbonyl (C=O) groups is 1. The molecule has 0 fully saturated rings. The Bertz CT molecular complexity index is 358. The highest BCUT2D eigenvalue weighted by molar-refractivity contribution is 5.94. The molecular weight excluding hydrogens is 216 g/mol. The molecule has 1 aromatic carbocycles. The molecule has 0 aromatic heterocycles. The second-order valence-electron chi connectivity index (χ2n) is 4.49. The molecular formula is C13H20N2O2. The lowest BCUT2D eigenvalue weighted by Gasteiger charge is -2.10. The van der Waals surface area contributed by atoms with Crippen LogP contribution in [0.1, 0.15) is 22.8 Å². The average Bonchev–Trinajstić information content (AvgIpc) is 2.26. The first-order valence-electron chi connectivity index (χ1n) is 5.69. The maximum absolute atomic E-state index is 11.6. The van der Waals surface area contributed by atoms with Crippen molar-refractivity contribution in [2.24, 2.45) is 0 Å². The van der Waals surface area contributed by atoms with Crippen LogP contribution in [0.3, 0.4) is 0 Å². The van der Waals surface area contributed by atoms with E-state index in [4.69, 9.17) is 5.11 Å². The van der Waals surface area contributed by atoms with E-state index in [1.807, 2.05) is 26.2 Å². The lowest BCUT2D eigenvalue weighted by Crippen LogP contribution is -2.30. The van der Waals surface area contributed by atoms with Gasteiger partial charge >= 0.3 is 0 Å². The molecule has 0 saturated heterocycles. The van der Waals surface area contributed by atoms with Crippen molar-refractivity contribution in [3.8, 4) is 0 Å². The lowest BCUT2D eigenvalue weighted by atomic mass is 10.1. The van der Waals surface area contributed by atoms with Gasteiger partial charge in [-0.25, -0.2) is 0 Å². The van der Waals surface area contributed by atoms with Crippen LogP contribution in [-0.2, 0) is 6.54 Å². The molecule has 1 rings (SSSR count). The van der Waals surface area contributed by atoms with Gasteiger partial charge in [0, 0.05) is 18.7 Å². The first-order chi connectivity index (χ1) is 7.99. The van der Waals surface area contributed by atoms with Gasteiger partial charge in [0.05, 0.1) is 6.10 Å². The van der Waals surface area contributed by atoms with Gasteiger partial charge in [-0.05, 0) is 38.7 Å². The number of rotatable bonds is 5. The topological polar surface area (TPSA) is 52.6 Å². The Labute approximate surface area is 102 Å². The molecule has 1 aromatic rings. The summed E-state index contributed by atoms with van der Waals surface area (Å²) in [7, 11) is 4.01. The predicted molar refractivity (Wildman–Crippen MR) is 67.8 cm³/mol. The van der Waals surface area contributed by atoms with E-state index in [0.29, 0.717) is 5.56 Å². The van der Waals surface area contributed by atoms with Gasteiger partial charge in [0.25, 0.3) is 5.91 Å². The Balaban J connectivity index is 2.57. The highest BCUT2D eigenvalue weighted by Crippen LogP contribution is 2.06. The van der Waals surface area contributed by atoms with Crippen LogP contribution in [0.2, 0.25) is 0 Å². The van der Waals surface area contributed by atoms with Crippen molar-refractivity contribution < 1.29 is 9.90 Å². The highest BCUT2D eigenvalue weighted by atomic mass is 16.3. The van der Waals surface area contributed by atoms with Crippen molar-refractivity contribution >= 4 is 5.91 Å². The molecule has 0 aliphatic carbocycles. The molecule has 0 bridgehead atoms. The van der Waals surface area contributed by atoms with Crippen molar-refractivity contribution in [2.75, 3.05) is 20.6 Å².